The molecule has 0 N–H and O–H groups in total. The van der Waals surface area contributed by atoms with Crippen LogP contribution in [0.4, 0.5) is 5.69 Å². The summed E-state index contributed by atoms with van der Waals surface area (Å²) in [5.74, 6) is 0.506. The molecule has 5 heteroatoms. The molecule has 4 fully saturated rings. The number of nitrogens with zero attached hydrogens (tertiary/aromatic N) is 2. The number of benzene rings is 1. The topological polar surface area (TPSA) is 53.2 Å². The van der Waals surface area contributed by atoms with Gasteiger partial charge in [-0.2, -0.15) is 0 Å². The van der Waals surface area contributed by atoms with Crippen LogP contribution in [0.15, 0.2) is 30.3 Å². The van der Waals surface area contributed by atoms with Crippen LogP contribution in [0.5, 0.6) is 0 Å². The lowest BCUT2D eigenvalue weighted by Crippen LogP contribution is -2.52. The minimum atomic E-state index is -0.815. The van der Waals surface area contributed by atoms with Gasteiger partial charge in [0.25, 0.3) is 11.8 Å². The number of para-hydroxylation sites is 1. The maximum absolute atomic E-state index is 13.8. The Labute approximate surface area is 154 Å². The predicted molar refractivity (Wildman–Crippen MR) is 97.1 cm³/mol. The van der Waals surface area contributed by atoms with Crippen molar-refractivity contribution in [2.24, 2.45) is 16.7 Å². The Bertz CT molecular complexity index is 807. The fraction of sp³-hybridized carbons (Fsp3) is 0.619. The molecule has 4 aliphatic rings. The smallest absolute Gasteiger partial charge is 0.276 e. The zero-order valence-corrected chi connectivity index (χ0v) is 15.9. The lowest BCUT2D eigenvalue weighted by atomic mass is 9.67. The normalized spacial score (nSPS) is 42.3. The van der Waals surface area contributed by atoms with Gasteiger partial charge in [0.15, 0.2) is 5.60 Å². The van der Waals surface area contributed by atoms with Crippen molar-refractivity contribution >= 4 is 17.5 Å². The highest BCUT2D eigenvalue weighted by Crippen LogP contribution is 2.70. The molecule has 2 aliphatic heterocycles. The van der Waals surface area contributed by atoms with Crippen LogP contribution < -0.4 is 5.01 Å². The Morgan fingerprint density at radius 1 is 1.19 bits per heavy atom. The van der Waals surface area contributed by atoms with Gasteiger partial charge in [-0.15, -0.1) is 0 Å². The molecule has 2 heterocycles. The SMILES string of the molecule is CC1OC1(C)C(=O)N1C2CC3CCC2(C(=O)N1c1ccccc1)C3(C)C. The van der Waals surface area contributed by atoms with Gasteiger partial charge in [0.2, 0.25) is 0 Å². The molecule has 5 unspecified atom stereocenters. The second-order valence-electron chi connectivity index (χ2n) is 9.15. The number of epoxide rings is 1. The number of carbonyl (C=O) groups excluding carboxylic acids is 2. The number of carbonyl (C=O) groups is 2. The average molecular weight is 354 g/mol. The van der Waals surface area contributed by atoms with Crippen LogP contribution in [0.2, 0.25) is 0 Å². The van der Waals surface area contributed by atoms with E-state index in [0.29, 0.717) is 5.92 Å². The van der Waals surface area contributed by atoms with Crippen LogP contribution >= 0.6 is 0 Å². The first kappa shape index (κ1) is 16.3. The quantitative estimate of drug-likeness (QED) is 0.767. The van der Waals surface area contributed by atoms with Crippen LogP contribution in [0.25, 0.3) is 0 Å². The summed E-state index contributed by atoms with van der Waals surface area (Å²) in [6.45, 7) is 8.20. The molecule has 2 aliphatic carbocycles. The highest BCUT2D eigenvalue weighted by molar-refractivity contribution is 6.06. The van der Waals surface area contributed by atoms with Crippen molar-refractivity contribution in [3.63, 3.8) is 0 Å². The Hall–Kier alpha value is -1.88. The van der Waals surface area contributed by atoms with E-state index in [2.05, 4.69) is 13.8 Å². The van der Waals surface area contributed by atoms with Gasteiger partial charge in [-0.1, -0.05) is 32.0 Å². The molecular formula is C21H26N2O3. The molecule has 1 aromatic carbocycles. The van der Waals surface area contributed by atoms with Crippen LogP contribution in [-0.4, -0.2) is 34.6 Å². The molecule has 5 nitrogen and oxygen atoms in total. The van der Waals surface area contributed by atoms with Gasteiger partial charge >= 0.3 is 0 Å². The molecule has 2 amide bonds. The molecule has 1 aromatic rings. The molecule has 26 heavy (non-hydrogen) atoms. The van der Waals surface area contributed by atoms with E-state index in [-0.39, 0.29) is 29.4 Å². The van der Waals surface area contributed by atoms with Crippen LogP contribution in [-0.2, 0) is 14.3 Å². The third-order valence-corrected chi connectivity index (χ3v) is 7.99. The lowest BCUT2D eigenvalue weighted by molar-refractivity contribution is -0.139. The minimum Gasteiger partial charge on any atom is -0.356 e. The van der Waals surface area contributed by atoms with Gasteiger partial charge in [-0.05, 0) is 56.6 Å². The molecule has 138 valence electrons. The van der Waals surface area contributed by atoms with Crippen molar-refractivity contribution in [3.8, 4) is 0 Å². The summed E-state index contributed by atoms with van der Waals surface area (Å²) < 4.78 is 5.65. The Balaban J connectivity index is 1.66. The third-order valence-electron chi connectivity index (χ3n) is 7.99. The van der Waals surface area contributed by atoms with Gasteiger partial charge in [0, 0.05) is 0 Å². The number of hydrogen-bond donors (Lipinski definition) is 0. The summed E-state index contributed by atoms with van der Waals surface area (Å²) in [5, 5.41) is 3.43. The highest BCUT2D eigenvalue weighted by atomic mass is 16.6. The molecule has 2 saturated heterocycles. The first-order valence-electron chi connectivity index (χ1n) is 9.66. The number of hydrogen-bond acceptors (Lipinski definition) is 3. The Kier molecular flexibility index (Phi) is 2.94. The molecule has 0 radical (unpaired) electrons. The van der Waals surface area contributed by atoms with Gasteiger partial charge in [0.1, 0.15) is 0 Å². The number of amides is 2. The van der Waals surface area contributed by atoms with Crippen LogP contribution in [0.3, 0.4) is 0 Å². The molecule has 2 bridgehead atoms. The van der Waals surface area contributed by atoms with Crippen molar-refractivity contribution in [2.75, 3.05) is 5.01 Å². The fourth-order valence-electron chi connectivity index (χ4n) is 6.02. The molecule has 0 aromatic heterocycles. The minimum absolute atomic E-state index is 0.0651. The second kappa shape index (κ2) is 4.69. The van der Waals surface area contributed by atoms with Crippen molar-refractivity contribution in [1.82, 2.24) is 5.01 Å². The third kappa shape index (κ3) is 1.62. The maximum atomic E-state index is 13.8. The van der Waals surface area contributed by atoms with E-state index in [1.165, 1.54) is 0 Å². The first-order chi connectivity index (χ1) is 12.2. The summed E-state index contributed by atoms with van der Waals surface area (Å²) in [7, 11) is 0. The monoisotopic (exact) mass is 354 g/mol. The summed E-state index contributed by atoms with van der Waals surface area (Å²) in [6.07, 6.45) is 2.74. The number of hydrazine groups is 1. The lowest BCUT2D eigenvalue weighted by Gasteiger charge is -2.35. The van der Waals surface area contributed by atoms with E-state index in [9.17, 15) is 9.59 Å². The Morgan fingerprint density at radius 3 is 2.42 bits per heavy atom. The second-order valence-corrected chi connectivity index (χ2v) is 9.15. The largest absolute Gasteiger partial charge is 0.356 e. The summed E-state index contributed by atoms with van der Waals surface area (Å²) in [6, 6.07) is 9.52. The van der Waals surface area contributed by atoms with Crippen molar-refractivity contribution in [2.45, 2.75) is 64.7 Å². The van der Waals surface area contributed by atoms with E-state index in [1.807, 2.05) is 44.2 Å². The number of fused-ring (bicyclic) bond motifs is 1. The zero-order chi connectivity index (χ0) is 18.5. The van der Waals surface area contributed by atoms with E-state index in [4.69, 9.17) is 4.74 Å². The van der Waals surface area contributed by atoms with Gasteiger partial charge in [0.05, 0.1) is 23.2 Å². The number of ether oxygens (including phenoxy) is 1. The van der Waals surface area contributed by atoms with Crippen molar-refractivity contribution < 1.29 is 14.3 Å². The van der Waals surface area contributed by atoms with Crippen molar-refractivity contribution in [3.05, 3.63) is 30.3 Å². The molecule has 5 atom stereocenters. The van der Waals surface area contributed by atoms with Gasteiger partial charge < -0.3 is 4.74 Å². The highest BCUT2D eigenvalue weighted by Gasteiger charge is 2.76. The van der Waals surface area contributed by atoms with Gasteiger partial charge in [-0.25, -0.2) is 10.0 Å². The fourth-order valence-corrected chi connectivity index (χ4v) is 6.02. The van der Waals surface area contributed by atoms with E-state index < -0.39 is 11.0 Å². The van der Waals surface area contributed by atoms with Crippen LogP contribution in [0, 0.1) is 16.7 Å². The van der Waals surface area contributed by atoms with E-state index in [1.54, 1.807) is 10.0 Å². The summed E-state index contributed by atoms with van der Waals surface area (Å²) in [5.41, 5.74) is -0.610. The van der Waals surface area contributed by atoms with Crippen LogP contribution in [0.1, 0.15) is 47.0 Å². The first-order valence-corrected chi connectivity index (χ1v) is 9.66. The summed E-state index contributed by atoms with van der Waals surface area (Å²) in [4.78, 5) is 27.3. The standard InChI is InChI=1S/C21H26N2O3/c1-13-20(4,26-13)17(24)23-16-12-14-10-11-21(16,19(14,2)3)18(25)22(23)15-8-6-5-7-9-15/h5-9,13-14,16H,10-12H2,1-4H3. The summed E-state index contributed by atoms with van der Waals surface area (Å²) >= 11 is 0. The van der Waals surface area contributed by atoms with E-state index in [0.717, 1.165) is 24.9 Å². The molecule has 1 spiro atoms. The number of rotatable bonds is 2. The molecular weight excluding hydrogens is 328 g/mol. The van der Waals surface area contributed by atoms with Gasteiger partial charge in [-0.3, -0.25) is 9.59 Å². The molecule has 2 saturated carbocycles. The number of anilines is 1. The zero-order valence-electron chi connectivity index (χ0n) is 15.9. The molecule has 5 rings (SSSR count). The predicted octanol–water partition coefficient (Wildman–Crippen LogP) is 3.15. The van der Waals surface area contributed by atoms with E-state index >= 15 is 0 Å². The maximum Gasteiger partial charge on any atom is 0.276 e. The average Bonchev–Trinajstić information content (AvgIpc) is 2.93. The Morgan fingerprint density at radius 2 is 1.85 bits per heavy atom. The van der Waals surface area contributed by atoms with Crippen molar-refractivity contribution in [1.29, 1.82) is 0 Å².